The Morgan fingerprint density at radius 3 is 2.54 bits per heavy atom. The third-order valence-electron chi connectivity index (χ3n) is 3.43. The minimum absolute atomic E-state index is 0.0327. The fourth-order valence-electron chi connectivity index (χ4n) is 2.19. The van der Waals surface area contributed by atoms with Crippen molar-refractivity contribution in [2.45, 2.75) is 13.0 Å². The van der Waals surface area contributed by atoms with Crippen LogP contribution in [0.1, 0.15) is 18.5 Å². The first-order valence-electron chi connectivity index (χ1n) is 7.19. The molecule has 0 spiro atoms. The van der Waals surface area contributed by atoms with Gasteiger partial charge in [0, 0.05) is 11.3 Å². The van der Waals surface area contributed by atoms with Crippen LogP contribution in [0.3, 0.4) is 0 Å². The Labute approximate surface area is 150 Å². The van der Waals surface area contributed by atoms with Gasteiger partial charge in [0.05, 0.1) is 25.3 Å². The van der Waals surface area contributed by atoms with Crippen molar-refractivity contribution >= 4 is 34.6 Å². The van der Waals surface area contributed by atoms with Gasteiger partial charge in [0.2, 0.25) is 0 Å². The van der Waals surface area contributed by atoms with Crippen molar-refractivity contribution in [1.29, 1.82) is 0 Å². The summed E-state index contributed by atoms with van der Waals surface area (Å²) in [7, 11) is 3.21. The Bertz CT molecular complexity index is 743. The highest BCUT2D eigenvalue weighted by molar-refractivity contribution is 7.80. The van der Waals surface area contributed by atoms with Gasteiger partial charge >= 0.3 is 0 Å². The Balaban J connectivity index is 2.09. The lowest BCUT2D eigenvalue weighted by atomic mass is 10.1. The summed E-state index contributed by atoms with van der Waals surface area (Å²) in [5, 5.41) is 6.54. The highest BCUT2D eigenvalue weighted by Crippen LogP contribution is 2.29. The average Bonchev–Trinajstić information content (AvgIpc) is 2.57. The van der Waals surface area contributed by atoms with Crippen molar-refractivity contribution in [2.75, 3.05) is 19.5 Å². The van der Waals surface area contributed by atoms with E-state index >= 15 is 0 Å². The lowest BCUT2D eigenvalue weighted by molar-refractivity contribution is 0.395. The average molecular weight is 369 g/mol. The Morgan fingerprint density at radius 2 is 1.92 bits per heavy atom. The molecule has 2 aromatic rings. The molecule has 7 heteroatoms. The molecule has 2 aromatic carbocycles. The van der Waals surface area contributed by atoms with E-state index in [0.717, 1.165) is 17.1 Å². The first-order chi connectivity index (χ1) is 11.4. The van der Waals surface area contributed by atoms with Gasteiger partial charge in [-0.3, -0.25) is 0 Å². The third-order valence-corrected chi connectivity index (χ3v) is 3.94. The van der Waals surface area contributed by atoms with Crippen LogP contribution in [-0.4, -0.2) is 19.3 Å². The number of ether oxygens (including phenoxy) is 2. The summed E-state index contributed by atoms with van der Waals surface area (Å²) in [5.74, 6) is 0.975. The number of nitrogens with one attached hydrogen (secondary N) is 2. The van der Waals surface area contributed by atoms with Crippen LogP contribution in [0.15, 0.2) is 36.4 Å². The number of rotatable bonds is 5. The van der Waals surface area contributed by atoms with Crippen LogP contribution in [0.25, 0.3) is 0 Å². The highest BCUT2D eigenvalue weighted by Gasteiger charge is 2.14. The normalized spacial score (nSPS) is 11.5. The molecule has 24 heavy (non-hydrogen) atoms. The van der Waals surface area contributed by atoms with E-state index in [1.165, 1.54) is 12.1 Å². The van der Waals surface area contributed by atoms with Crippen molar-refractivity contribution in [2.24, 2.45) is 0 Å². The summed E-state index contributed by atoms with van der Waals surface area (Å²) in [6.45, 7) is 1.95. The maximum Gasteiger partial charge on any atom is 0.171 e. The largest absolute Gasteiger partial charge is 0.497 e. The van der Waals surface area contributed by atoms with E-state index in [9.17, 15) is 4.39 Å². The predicted octanol–water partition coefficient (Wildman–Crippen LogP) is 4.54. The molecule has 2 N–H and O–H groups in total. The summed E-state index contributed by atoms with van der Waals surface area (Å²) in [6, 6.07) is 9.73. The van der Waals surface area contributed by atoms with E-state index in [-0.39, 0.29) is 11.1 Å². The Hall–Kier alpha value is -2.05. The number of methoxy groups -OCH3 is 2. The minimum Gasteiger partial charge on any atom is -0.497 e. The number of halogens is 2. The third kappa shape index (κ3) is 4.49. The van der Waals surface area contributed by atoms with Gasteiger partial charge in [0.15, 0.2) is 5.11 Å². The fraction of sp³-hybridized carbons (Fsp3) is 0.235. The van der Waals surface area contributed by atoms with E-state index in [1.807, 2.05) is 25.1 Å². The van der Waals surface area contributed by atoms with Crippen LogP contribution >= 0.6 is 23.8 Å². The first-order valence-corrected chi connectivity index (χ1v) is 7.97. The van der Waals surface area contributed by atoms with Crippen molar-refractivity contribution in [1.82, 2.24) is 5.32 Å². The fourth-order valence-corrected chi connectivity index (χ4v) is 2.67. The van der Waals surface area contributed by atoms with Crippen molar-refractivity contribution in [3.05, 3.63) is 52.8 Å². The van der Waals surface area contributed by atoms with Crippen LogP contribution < -0.4 is 20.1 Å². The van der Waals surface area contributed by atoms with Gasteiger partial charge in [-0.1, -0.05) is 11.6 Å². The van der Waals surface area contributed by atoms with Gasteiger partial charge in [0.25, 0.3) is 0 Å². The zero-order valence-corrected chi connectivity index (χ0v) is 15.1. The second-order valence-electron chi connectivity index (χ2n) is 5.06. The Kier molecular flexibility index (Phi) is 6.23. The smallest absolute Gasteiger partial charge is 0.171 e. The van der Waals surface area contributed by atoms with Gasteiger partial charge < -0.3 is 20.1 Å². The molecule has 0 saturated carbocycles. The highest BCUT2D eigenvalue weighted by atomic mass is 35.5. The zero-order valence-electron chi connectivity index (χ0n) is 13.5. The van der Waals surface area contributed by atoms with Crippen LogP contribution in [0.5, 0.6) is 11.5 Å². The summed E-state index contributed by atoms with van der Waals surface area (Å²) in [4.78, 5) is 0. The number of hydrogen-bond donors (Lipinski definition) is 2. The van der Waals surface area contributed by atoms with Crippen LogP contribution in [0.4, 0.5) is 10.1 Å². The Morgan fingerprint density at radius 1 is 1.17 bits per heavy atom. The van der Waals surface area contributed by atoms with Gasteiger partial charge in [-0.15, -0.1) is 0 Å². The molecular weight excluding hydrogens is 351 g/mol. The summed E-state index contributed by atoms with van der Waals surface area (Å²) >= 11 is 11.1. The lowest BCUT2D eigenvalue weighted by Gasteiger charge is -2.20. The van der Waals surface area contributed by atoms with Gasteiger partial charge in [-0.25, -0.2) is 4.39 Å². The number of thiocarbonyl (C=S) groups is 1. The minimum atomic E-state index is -0.476. The van der Waals surface area contributed by atoms with Gasteiger partial charge in [-0.05, 0) is 55.5 Å². The molecule has 0 bridgehead atoms. The van der Waals surface area contributed by atoms with Crippen molar-refractivity contribution < 1.29 is 13.9 Å². The number of benzene rings is 2. The summed E-state index contributed by atoms with van der Waals surface area (Å²) < 4.78 is 23.8. The molecule has 0 amide bonds. The van der Waals surface area contributed by atoms with E-state index in [4.69, 9.17) is 33.3 Å². The molecule has 0 fully saturated rings. The van der Waals surface area contributed by atoms with E-state index in [1.54, 1.807) is 20.3 Å². The maximum absolute atomic E-state index is 13.2. The quantitative estimate of drug-likeness (QED) is 0.758. The summed E-state index contributed by atoms with van der Waals surface area (Å²) in [5.41, 5.74) is 1.50. The van der Waals surface area contributed by atoms with Crippen LogP contribution in [0.2, 0.25) is 5.02 Å². The van der Waals surface area contributed by atoms with Gasteiger partial charge in [-0.2, -0.15) is 0 Å². The molecule has 128 valence electrons. The second kappa shape index (κ2) is 8.17. The predicted molar refractivity (Wildman–Crippen MR) is 98.7 cm³/mol. The molecule has 0 radical (unpaired) electrons. The second-order valence-corrected chi connectivity index (χ2v) is 5.87. The molecule has 4 nitrogen and oxygen atoms in total. The van der Waals surface area contributed by atoms with Crippen LogP contribution in [-0.2, 0) is 0 Å². The molecule has 0 saturated heterocycles. The molecule has 0 aliphatic rings. The molecule has 2 rings (SSSR count). The lowest BCUT2D eigenvalue weighted by Crippen LogP contribution is -2.31. The standard InChI is InChI=1S/C17H18ClFN2O2S/c1-10(13-9-12(22-2)5-7-16(13)23-3)20-17(24)21-11-4-6-15(19)14(18)8-11/h4-10H,1-3H3,(H2,20,21,24)/t10-/m0/s1. The molecule has 0 aliphatic carbocycles. The van der Waals surface area contributed by atoms with E-state index in [0.29, 0.717) is 10.8 Å². The molecular formula is C17H18ClFN2O2S. The number of hydrogen-bond acceptors (Lipinski definition) is 3. The summed E-state index contributed by atoms with van der Waals surface area (Å²) in [6.07, 6.45) is 0. The monoisotopic (exact) mass is 368 g/mol. The number of anilines is 1. The molecule has 0 unspecified atom stereocenters. The first kappa shape index (κ1) is 18.3. The molecule has 1 atom stereocenters. The molecule has 0 aromatic heterocycles. The van der Waals surface area contributed by atoms with Crippen molar-refractivity contribution in [3.8, 4) is 11.5 Å². The van der Waals surface area contributed by atoms with Gasteiger partial charge in [0.1, 0.15) is 17.3 Å². The van der Waals surface area contributed by atoms with E-state index in [2.05, 4.69) is 10.6 Å². The zero-order chi connectivity index (χ0) is 17.7. The van der Waals surface area contributed by atoms with Crippen molar-refractivity contribution in [3.63, 3.8) is 0 Å². The maximum atomic E-state index is 13.2. The molecule has 0 heterocycles. The SMILES string of the molecule is COc1ccc(OC)c([C@H](C)NC(=S)Nc2ccc(F)c(Cl)c2)c1. The van der Waals surface area contributed by atoms with Crippen LogP contribution in [0, 0.1) is 5.82 Å². The topological polar surface area (TPSA) is 42.5 Å². The van der Waals surface area contributed by atoms with E-state index < -0.39 is 5.82 Å². The molecule has 0 aliphatic heterocycles.